The summed E-state index contributed by atoms with van der Waals surface area (Å²) in [5.41, 5.74) is 0. The highest BCUT2D eigenvalue weighted by Gasteiger charge is 2.18. The predicted molar refractivity (Wildman–Crippen MR) is 84.3 cm³/mol. The fourth-order valence-corrected chi connectivity index (χ4v) is 2.63. The average Bonchev–Trinajstić information content (AvgIpc) is 2.35. The SMILES string of the molecule is CN=C(NC)NCCS(=O)(=O)c1ccccc1F.I. The van der Waals surface area contributed by atoms with Gasteiger partial charge in [0.25, 0.3) is 0 Å². The van der Waals surface area contributed by atoms with Crippen LogP contribution < -0.4 is 10.6 Å². The second-order valence-electron chi connectivity index (χ2n) is 3.50. The molecular formula is C11H17FIN3O2S. The lowest BCUT2D eigenvalue weighted by Crippen LogP contribution is -2.37. The third-order valence-electron chi connectivity index (χ3n) is 2.30. The molecule has 0 aromatic heterocycles. The van der Waals surface area contributed by atoms with Gasteiger partial charge < -0.3 is 10.6 Å². The van der Waals surface area contributed by atoms with E-state index in [4.69, 9.17) is 0 Å². The van der Waals surface area contributed by atoms with E-state index >= 15 is 0 Å². The van der Waals surface area contributed by atoms with E-state index in [1.165, 1.54) is 18.2 Å². The summed E-state index contributed by atoms with van der Waals surface area (Å²) >= 11 is 0. The molecule has 0 aliphatic heterocycles. The first kappa shape index (κ1) is 18.1. The molecule has 0 amide bonds. The Kier molecular flexibility index (Phi) is 7.91. The number of halogens is 2. The number of rotatable bonds is 4. The van der Waals surface area contributed by atoms with Crippen molar-refractivity contribution < 1.29 is 12.8 Å². The van der Waals surface area contributed by atoms with E-state index in [2.05, 4.69) is 15.6 Å². The molecule has 0 saturated heterocycles. The summed E-state index contributed by atoms with van der Waals surface area (Å²) in [7, 11) is -0.382. The van der Waals surface area contributed by atoms with Gasteiger partial charge in [-0.05, 0) is 12.1 Å². The fraction of sp³-hybridized carbons (Fsp3) is 0.364. The van der Waals surface area contributed by atoms with E-state index < -0.39 is 15.7 Å². The summed E-state index contributed by atoms with van der Waals surface area (Å²) in [6.07, 6.45) is 0. The van der Waals surface area contributed by atoms with Crippen LogP contribution in [-0.2, 0) is 9.84 Å². The predicted octanol–water partition coefficient (Wildman–Crippen LogP) is 1.01. The molecule has 1 aromatic rings. The van der Waals surface area contributed by atoms with Crippen molar-refractivity contribution >= 4 is 39.8 Å². The van der Waals surface area contributed by atoms with E-state index in [-0.39, 0.29) is 41.2 Å². The maximum absolute atomic E-state index is 13.4. The standard InChI is InChI=1S/C11H16FN3O2S.HI/c1-13-11(14-2)15-7-8-18(16,17)10-6-4-3-5-9(10)12;/h3-6H,7-8H2,1-2H3,(H2,13,14,15);1H. The molecule has 0 heterocycles. The lowest BCUT2D eigenvalue weighted by molar-refractivity contribution is 0.566. The van der Waals surface area contributed by atoms with Crippen LogP contribution in [0.3, 0.4) is 0 Å². The van der Waals surface area contributed by atoms with Gasteiger partial charge >= 0.3 is 0 Å². The highest BCUT2D eigenvalue weighted by Crippen LogP contribution is 2.14. The maximum atomic E-state index is 13.4. The van der Waals surface area contributed by atoms with Gasteiger partial charge in [-0.15, -0.1) is 24.0 Å². The van der Waals surface area contributed by atoms with Crippen molar-refractivity contribution in [2.24, 2.45) is 4.99 Å². The van der Waals surface area contributed by atoms with Crippen LogP contribution in [0.4, 0.5) is 4.39 Å². The van der Waals surface area contributed by atoms with Crippen molar-refractivity contribution in [1.29, 1.82) is 0 Å². The Labute approximate surface area is 129 Å². The maximum Gasteiger partial charge on any atom is 0.190 e. The molecule has 0 spiro atoms. The molecular weight excluding hydrogens is 384 g/mol. The Morgan fingerprint density at radius 1 is 1.37 bits per heavy atom. The minimum Gasteiger partial charge on any atom is -0.359 e. The third kappa shape index (κ3) is 5.31. The quantitative estimate of drug-likeness (QED) is 0.449. The van der Waals surface area contributed by atoms with Crippen LogP contribution in [0.2, 0.25) is 0 Å². The zero-order valence-electron chi connectivity index (χ0n) is 10.7. The minimum absolute atomic E-state index is 0. The Morgan fingerprint density at radius 3 is 2.53 bits per heavy atom. The van der Waals surface area contributed by atoms with E-state index in [0.29, 0.717) is 5.96 Å². The molecule has 0 bridgehead atoms. The number of sulfone groups is 1. The molecule has 0 saturated carbocycles. The van der Waals surface area contributed by atoms with Crippen molar-refractivity contribution in [3.8, 4) is 0 Å². The first-order valence-electron chi connectivity index (χ1n) is 5.37. The van der Waals surface area contributed by atoms with Crippen molar-refractivity contribution in [3.05, 3.63) is 30.1 Å². The molecule has 19 heavy (non-hydrogen) atoms. The van der Waals surface area contributed by atoms with Gasteiger partial charge in [0.05, 0.1) is 5.75 Å². The van der Waals surface area contributed by atoms with Gasteiger partial charge in [-0.3, -0.25) is 4.99 Å². The number of nitrogens with zero attached hydrogens (tertiary/aromatic N) is 1. The lowest BCUT2D eigenvalue weighted by Gasteiger charge is -2.09. The summed E-state index contributed by atoms with van der Waals surface area (Å²) in [5.74, 6) is -0.441. The van der Waals surface area contributed by atoms with Crippen LogP contribution in [0.1, 0.15) is 0 Å². The van der Waals surface area contributed by atoms with Crippen LogP contribution >= 0.6 is 24.0 Å². The molecule has 1 rings (SSSR count). The van der Waals surface area contributed by atoms with Crippen LogP contribution in [-0.4, -0.2) is 40.8 Å². The first-order chi connectivity index (χ1) is 8.51. The summed E-state index contributed by atoms with van der Waals surface area (Å²) in [4.78, 5) is 3.57. The second kappa shape index (κ2) is 8.31. The van der Waals surface area contributed by atoms with Gasteiger partial charge in [0.1, 0.15) is 10.7 Å². The Bertz CT molecular complexity index is 534. The molecule has 0 unspecified atom stereocenters. The summed E-state index contributed by atoms with van der Waals surface area (Å²) in [6, 6.07) is 5.34. The van der Waals surface area contributed by atoms with Crippen LogP contribution in [0.15, 0.2) is 34.2 Å². The molecule has 108 valence electrons. The normalized spacial score (nSPS) is 11.6. The summed E-state index contributed by atoms with van der Waals surface area (Å²) < 4.78 is 37.1. The van der Waals surface area contributed by atoms with Gasteiger partial charge in [-0.1, -0.05) is 12.1 Å². The summed E-state index contributed by atoms with van der Waals surface area (Å²) in [5, 5.41) is 5.56. The number of guanidine groups is 1. The van der Waals surface area contributed by atoms with Gasteiger partial charge in [0.2, 0.25) is 0 Å². The molecule has 0 fully saturated rings. The molecule has 0 atom stereocenters. The van der Waals surface area contributed by atoms with E-state index in [9.17, 15) is 12.8 Å². The molecule has 0 aliphatic rings. The van der Waals surface area contributed by atoms with E-state index in [1.807, 2.05) is 0 Å². The topological polar surface area (TPSA) is 70.6 Å². The molecule has 5 nitrogen and oxygen atoms in total. The number of benzene rings is 1. The van der Waals surface area contributed by atoms with Crippen LogP contribution in [0.25, 0.3) is 0 Å². The van der Waals surface area contributed by atoms with E-state index in [0.717, 1.165) is 6.07 Å². The van der Waals surface area contributed by atoms with Crippen LogP contribution in [0, 0.1) is 5.82 Å². The zero-order chi connectivity index (χ0) is 13.6. The smallest absolute Gasteiger partial charge is 0.190 e. The van der Waals surface area contributed by atoms with Crippen molar-refractivity contribution in [2.75, 3.05) is 26.4 Å². The molecule has 0 radical (unpaired) electrons. The van der Waals surface area contributed by atoms with Crippen molar-refractivity contribution in [2.45, 2.75) is 4.90 Å². The van der Waals surface area contributed by atoms with Crippen molar-refractivity contribution in [3.63, 3.8) is 0 Å². The van der Waals surface area contributed by atoms with Gasteiger partial charge in [-0.25, -0.2) is 12.8 Å². The largest absolute Gasteiger partial charge is 0.359 e. The Balaban J connectivity index is 0.00000324. The molecule has 2 N–H and O–H groups in total. The molecule has 8 heteroatoms. The fourth-order valence-electron chi connectivity index (χ4n) is 1.39. The Hall–Kier alpha value is -0.900. The zero-order valence-corrected chi connectivity index (χ0v) is 13.8. The number of aliphatic imine (C=N–C) groups is 1. The average molecular weight is 401 g/mol. The number of nitrogens with one attached hydrogen (secondary N) is 2. The summed E-state index contributed by atoms with van der Waals surface area (Å²) in [6.45, 7) is 0.157. The second-order valence-corrected chi connectivity index (χ2v) is 5.58. The lowest BCUT2D eigenvalue weighted by atomic mass is 10.3. The third-order valence-corrected chi connectivity index (χ3v) is 4.04. The van der Waals surface area contributed by atoms with Crippen molar-refractivity contribution in [1.82, 2.24) is 10.6 Å². The van der Waals surface area contributed by atoms with Gasteiger partial charge in [-0.2, -0.15) is 0 Å². The first-order valence-corrected chi connectivity index (χ1v) is 7.02. The highest BCUT2D eigenvalue weighted by atomic mass is 127. The minimum atomic E-state index is -3.62. The Morgan fingerprint density at radius 2 is 2.00 bits per heavy atom. The number of hydrogen-bond acceptors (Lipinski definition) is 3. The highest BCUT2D eigenvalue weighted by molar-refractivity contribution is 14.0. The molecule has 0 aliphatic carbocycles. The molecule has 1 aromatic carbocycles. The van der Waals surface area contributed by atoms with Gasteiger partial charge in [0.15, 0.2) is 15.8 Å². The van der Waals surface area contributed by atoms with E-state index in [1.54, 1.807) is 14.1 Å². The van der Waals surface area contributed by atoms with Gasteiger partial charge in [0, 0.05) is 20.6 Å². The van der Waals surface area contributed by atoms with Crippen LogP contribution in [0.5, 0.6) is 0 Å². The monoisotopic (exact) mass is 401 g/mol. The number of hydrogen-bond donors (Lipinski definition) is 2.